The predicted molar refractivity (Wildman–Crippen MR) is 94.2 cm³/mol. The average molecular weight is 367 g/mol. The molecular formula is C18H21ClNO3S+. The Bertz CT molecular complexity index is 757. The van der Waals surface area contributed by atoms with E-state index in [1.165, 1.54) is 4.90 Å². The second-order valence-corrected chi connectivity index (χ2v) is 8.44. The first-order chi connectivity index (χ1) is 11.6. The van der Waals surface area contributed by atoms with Gasteiger partial charge in [0, 0.05) is 10.6 Å². The Morgan fingerprint density at radius 1 is 1.00 bits per heavy atom. The van der Waals surface area contributed by atoms with E-state index in [0.717, 1.165) is 18.7 Å². The van der Waals surface area contributed by atoms with E-state index in [4.69, 9.17) is 16.3 Å². The molecule has 24 heavy (non-hydrogen) atoms. The quantitative estimate of drug-likeness (QED) is 0.877. The molecule has 2 aromatic rings. The van der Waals surface area contributed by atoms with Crippen molar-refractivity contribution in [3.8, 4) is 0 Å². The minimum absolute atomic E-state index is 0.0774. The number of hydrogen-bond donors (Lipinski definition) is 1. The van der Waals surface area contributed by atoms with Gasteiger partial charge in [-0.05, 0) is 24.3 Å². The lowest BCUT2D eigenvalue weighted by molar-refractivity contribution is -0.936. The Labute approximate surface area is 147 Å². The Hall–Kier alpha value is -1.40. The van der Waals surface area contributed by atoms with E-state index < -0.39 is 9.84 Å². The Balaban J connectivity index is 1.89. The van der Waals surface area contributed by atoms with E-state index >= 15 is 0 Å². The molecule has 1 heterocycles. The van der Waals surface area contributed by atoms with Crippen LogP contribution in [0.5, 0.6) is 0 Å². The summed E-state index contributed by atoms with van der Waals surface area (Å²) in [5.41, 5.74) is 1.05. The third kappa shape index (κ3) is 4.16. The fraction of sp³-hybridized carbons (Fsp3) is 0.333. The minimum atomic E-state index is -3.39. The van der Waals surface area contributed by atoms with Crippen molar-refractivity contribution in [3.05, 3.63) is 65.2 Å². The molecule has 2 aromatic carbocycles. The second-order valence-electron chi connectivity index (χ2n) is 5.97. The predicted octanol–water partition coefficient (Wildman–Crippen LogP) is 1.77. The highest BCUT2D eigenvalue weighted by Crippen LogP contribution is 2.20. The first kappa shape index (κ1) is 17.4. The molecule has 0 aliphatic carbocycles. The molecule has 3 rings (SSSR count). The van der Waals surface area contributed by atoms with Crippen molar-refractivity contribution in [2.45, 2.75) is 10.9 Å². The van der Waals surface area contributed by atoms with Gasteiger partial charge in [0.2, 0.25) is 0 Å². The van der Waals surface area contributed by atoms with Crippen LogP contribution in [0.15, 0.2) is 59.5 Å². The van der Waals surface area contributed by atoms with Crippen molar-refractivity contribution >= 4 is 21.4 Å². The van der Waals surface area contributed by atoms with Gasteiger partial charge >= 0.3 is 0 Å². The van der Waals surface area contributed by atoms with E-state index in [0.29, 0.717) is 23.1 Å². The highest BCUT2D eigenvalue weighted by atomic mass is 35.5. The highest BCUT2D eigenvalue weighted by molar-refractivity contribution is 7.91. The lowest BCUT2D eigenvalue weighted by Gasteiger charge is -2.31. The van der Waals surface area contributed by atoms with E-state index in [2.05, 4.69) is 0 Å². The largest absolute Gasteiger partial charge is 0.370 e. The lowest BCUT2D eigenvalue weighted by atomic mass is 10.1. The van der Waals surface area contributed by atoms with Gasteiger partial charge in [-0.1, -0.05) is 41.9 Å². The second kappa shape index (κ2) is 7.66. The zero-order valence-corrected chi connectivity index (χ0v) is 14.9. The third-order valence-corrected chi connectivity index (χ3v) is 6.40. The van der Waals surface area contributed by atoms with Crippen LogP contribution in [0.3, 0.4) is 0 Å². The summed E-state index contributed by atoms with van der Waals surface area (Å²) in [4.78, 5) is 1.57. The molecule has 0 unspecified atom stereocenters. The molecule has 1 saturated heterocycles. The van der Waals surface area contributed by atoms with Crippen LogP contribution >= 0.6 is 11.6 Å². The molecule has 0 aromatic heterocycles. The molecule has 1 N–H and O–H groups in total. The van der Waals surface area contributed by atoms with Crippen LogP contribution in [0.25, 0.3) is 0 Å². The lowest BCUT2D eigenvalue weighted by Crippen LogP contribution is -3.14. The van der Waals surface area contributed by atoms with Crippen molar-refractivity contribution in [3.63, 3.8) is 0 Å². The van der Waals surface area contributed by atoms with Crippen LogP contribution in [0, 0.1) is 0 Å². The maximum atomic E-state index is 12.9. The van der Waals surface area contributed by atoms with Crippen molar-refractivity contribution in [2.75, 3.05) is 32.1 Å². The zero-order chi connectivity index (χ0) is 17.0. The van der Waals surface area contributed by atoms with E-state index in [1.54, 1.807) is 24.3 Å². The van der Waals surface area contributed by atoms with Crippen molar-refractivity contribution < 1.29 is 18.1 Å². The summed E-state index contributed by atoms with van der Waals surface area (Å²) in [6, 6.07) is 16.2. The van der Waals surface area contributed by atoms with Gasteiger partial charge in [-0.25, -0.2) is 8.42 Å². The highest BCUT2D eigenvalue weighted by Gasteiger charge is 2.31. The summed E-state index contributed by atoms with van der Waals surface area (Å²) in [5.74, 6) is 0.0774. The van der Waals surface area contributed by atoms with Gasteiger partial charge in [-0.15, -0.1) is 0 Å². The molecule has 128 valence electrons. The Morgan fingerprint density at radius 2 is 1.62 bits per heavy atom. The molecule has 4 nitrogen and oxygen atoms in total. The number of hydrogen-bond acceptors (Lipinski definition) is 3. The normalized spacial score (nSPS) is 17.5. The van der Waals surface area contributed by atoms with Crippen molar-refractivity contribution in [2.24, 2.45) is 0 Å². The van der Waals surface area contributed by atoms with Crippen molar-refractivity contribution in [1.82, 2.24) is 0 Å². The van der Waals surface area contributed by atoms with Gasteiger partial charge < -0.3 is 9.64 Å². The van der Waals surface area contributed by atoms with Gasteiger partial charge in [0.1, 0.15) is 24.9 Å². The first-order valence-electron chi connectivity index (χ1n) is 8.02. The molecule has 0 radical (unpaired) electrons. The summed E-state index contributed by atoms with van der Waals surface area (Å²) >= 11 is 5.87. The van der Waals surface area contributed by atoms with E-state index in [1.807, 2.05) is 30.3 Å². The SMILES string of the molecule is O=S(=O)(C[C@H](c1ccccc1)[NH+]1CCOCC1)c1ccc(Cl)cc1. The van der Waals surface area contributed by atoms with Crippen LogP contribution in [-0.4, -0.2) is 40.5 Å². The molecule has 0 spiro atoms. The number of ether oxygens (including phenoxy) is 1. The Morgan fingerprint density at radius 3 is 2.25 bits per heavy atom. The van der Waals surface area contributed by atoms with Crippen LogP contribution in [-0.2, 0) is 14.6 Å². The topological polar surface area (TPSA) is 47.8 Å². The van der Waals surface area contributed by atoms with Gasteiger partial charge in [-0.2, -0.15) is 0 Å². The molecule has 1 aliphatic rings. The standard InChI is InChI=1S/C18H20ClNO3S/c19-16-6-8-17(9-7-16)24(21,22)14-18(15-4-2-1-3-5-15)20-10-12-23-13-11-20/h1-9,18H,10-14H2/p+1/t18-/m1/s1. The number of rotatable bonds is 5. The Kier molecular flexibility index (Phi) is 5.56. The average Bonchev–Trinajstić information content (AvgIpc) is 2.62. The monoisotopic (exact) mass is 366 g/mol. The number of halogens is 1. The fourth-order valence-corrected chi connectivity index (χ4v) is 4.81. The van der Waals surface area contributed by atoms with Gasteiger partial charge in [0.05, 0.1) is 18.1 Å². The number of nitrogens with one attached hydrogen (secondary N) is 1. The fourth-order valence-electron chi connectivity index (χ4n) is 3.07. The van der Waals surface area contributed by atoms with E-state index in [9.17, 15) is 8.42 Å². The van der Waals surface area contributed by atoms with Crippen LogP contribution < -0.4 is 4.90 Å². The molecule has 1 fully saturated rings. The molecule has 1 aliphatic heterocycles. The van der Waals surface area contributed by atoms with E-state index in [-0.39, 0.29) is 11.8 Å². The van der Waals surface area contributed by atoms with Crippen LogP contribution in [0.4, 0.5) is 0 Å². The summed E-state index contributed by atoms with van der Waals surface area (Å²) in [6.07, 6.45) is 0. The summed E-state index contributed by atoms with van der Waals surface area (Å²) in [5, 5.41) is 0.535. The summed E-state index contributed by atoms with van der Waals surface area (Å²) < 4.78 is 31.2. The summed E-state index contributed by atoms with van der Waals surface area (Å²) in [6.45, 7) is 2.96. The number of quaternary nitrogens is 1. The third-order valence-electron chi connectivity index (χ3n) is 4.39. The molecule has 0 bridgehead atoms. The van der Waals surface area contributed by atoms with Crippen molar-refractivity contribution in [1.29, 1.82) is 0 Å². The van der Waals surface area contributed by atoms with Crippen LogP contribution in [0.1, 0.15) is 11.6 Å². The molecular weight excluding hydrogens is 346 g/mol. The minimum Gasteiger partial charge on any atom is -0.370 e. The molecule has 1 atom stereocenters. The van der Waals surface area contributed by atoms with Gasteiger partial charge in [0.15, 0.2) is 9.84 Å². The zero-order valence-electron chi connectivity index (χ0n) is 13.3. The number of sulfone groups is 1. The smallest absolute Gasteiger partial charge is 0.184 e. The van der Waals surface area contributed by atoms with Gasteiger partial charge in [-0.3, -0.25) is 0 Å². The van der Waals surface area contributed by atoms with Crippen LogP contribution in [0.2, 0.25) is 5.02 Å². The maximum Gasteiger partial charge on any atom is 0.184 e. The molecule has 6 heteroatoms. The van der Waals surface area contributed by atoms with Gasteiger partial charge in [0.25, 0.3) is 0 Å². The first-order valence-corrected chi connectivity index (χ1v) is 10.0. The molecule has 0 saturated carbocycles. The molecule has 0 amide bonds. The number of benzene rings is 2. The summed E-state index contributed by atoms with van der Waals surface area (Å²) in [7, 11) is -3.39. The maximum absolute atomic E-state index is 12.9. The number of morpholine rings is 1.